The van der Waals surface area contributed by atoms with Crippen LogP contribution in [0.25, 0.3) is 0 Å². The molecule has 0 aromatic rings. The van der Waals surface area contributed by atoms with E-state index in [0.29, 0.717) is 6.61 Å². The molecule has 0 aliphatic heterocycles. The van der Waals surface area contributed by atoms with Crippen molar-refractivity contribution < 1.29 is 23.6 Å². The molecule has 26 heavy (non-hydrogen) atoms. The zero-order valence-corrected chi connectivity index (χ0v) is 17.6. The van der Waals surface area contributed by atoms with E-state index in [1.54, 1.807) is 0 Å². The van der Waals surface area contributed by atoms with Gasteiger partial charge in [0, 0.05) is 6.61 Å². The highest BCUT2D eigenvalue weighted by molar-refractivity contribution is 7.46. The molecule has 0 fully saturated rings. The van der Waals surface area contributed by atoms with E-state index in [4.69, 9.17) is 20.3 Å². The van der Waals surface area contributed by atoms with Gasteiger partial charge in [0.05, 0.1) is 19.3 Å². The summed E-state index contributed by atoms with van der Waals surface area (Å²) in [6.45, 7) is 2.97. The highest BCUT2D eigenvalue weighted by Crippen LogP contribution is 2.35. The molecular weight excluding hydrogens is 353 g/mol. The minimum atomic E-state index is -4.43. The van der Waals surface area contributed by atoms with Crippen LogP contribution >= 0.6 is 7.82 Å². The number of hydrogen-bond acceptors (Lipinski definition) is 4. The molecule has 6 nitrogen and oxygen atoms in total. The van der Waals surface area contributed by atoms with E-state index in [2.05, 4.69) is 11.4 Å². The van der Waals surface area contributed by atoms with Crippen molar-refractivity contribution in [1.82, 2.24) is 0 Å². The number of hydrogen-bond donors (Lipinski definition) is 3. The predicted octanol–water partition coefficient (Wildman–Crippen LogP) is 4.92. The van der Waals surface area contributed by atoms with Gasteiger partial charge >= 0.3 is 7.82 Å². The maximum Gasteiger partial charge on any atom is 0.469 e. The van der Waals surface area contributed by atoms with Gasteiger partial charge in [0.2, 0.25) is 0 Å². The second-order valence-corrected chi connectivity index (χ2v) is 8.46. The van der Waals surface area contributed by atoms with Gasteiger partial charge in [0.15, 0.2) is 0 Å². The molecule has 0 radical (unpaired) electrons. The third kappa shape index (κ3) is 22.1. The Morgan fingerprint density at radius 2 is 1.19 bits per heavy atom. The summed E-state index contributed by atoms with van der Waals surface area (Å²) in [5.74, 6) is 0. The van der Waals surface area contributed by atoms with Gasteiger partial charge < -0.3 is 20.3 Å². The van der Waals surface area contributed by atoms with Gasteiger partial charge in [-0.05, 0) is 6.42 Å². The van der Waals surface area contributed by atoms with Crippen molar-refractivity contribution in [2.75, 3.05) is 19.8 Å². The summed E-state index contributed by atoms with van der Waals surface area (Å²) in [6, 6.07) is -0.505. The highest BCUT2D eigenvalue weighted by atomic mass is 31.2. The van der Waals surface area contributed by atoms with Crippen molar-refractivity contribution in [3.63, 3.8) is 0 Å². The number of rotatable bonds is 20. The summed E-state index contributed by atoms with van der Waals surface area (Å²) in [4.78, 5) is 17.1. The Bertz CT molecular complexity index is 338. The third-order valence-corrected chi connectivity index (χ3v) is 4.92. The standard InChI is InChI=1S/C19H42NO5P/c1-2-3-4-5-6-7-8-9-10-11-12-13-14-15-16-24-17-19(20)18-25-26(21,22)23/h19H,2-18,20H2,1H3,(H2,21,22,23)/t19-/m1/s1. The normalized spacial score (nSPS) is 13.2. The lowest BCUT2D eigenvalue weighted by Gasteiger charge is -2.13. The fourth-order valence-corrected chi connectivity index (χ4v) is 3.26. The third-order valence-electron chi connectivity index (χ3n) is 4.43. The van der Waals surface area contributed by atoms with Gasteiger partial charge in [-0.2, -0.15) is 0 Å². The monoisotopic (exact) mass is 395 g/mol. The van der Waals surface area contributed by atoms with Crippen molar-refractivity contribution in [1.29, 1.82) is 0 Å². The molecule has 0 amide bonds. The molecule has 0 heterocycles. The van der Waals surface area contributed by atoms with Crippen LogP contribution in [0.15, 0.2) is 0 Å². The van der Waals surface area contributed by atoms with E-state index in [0.717, 1.165) is 12.8 Å². The molecule has 7 heteroatoms. The molecule has 0 aliphatic carbocycles. The molecule has 0 saturated heterocycles. The molecule has 1 atom stereocenters. The number of phosphoric ester groups is 1. The summed E-state index contributed by atoms with van der Waals surface area (Å²) < 4.78 is 20.3. The van der Waals surface area contributed by atoms with Crippen LogP contribution in [-0.4, -0.2) is 35.6 Å². The van der Waals surface area contributed by atoms with Gasteiger partial charge in [-0.1, -0.05) is 90.4 Å². The van der Waals surface area contributed by atoms with E-state index < -0.39 is 13.9 Å². The number of unbranched alkanes of at least 4 members (excludes halogenated alkanes) is 13. The van der Waals surface area contributed by atoms with Crippen LogP contribution in [0.4, 0.5) is 0 Å². The van der Waals surface area contributed by atoms with E-state index in [-0.39, 0.29) is 13.2 Å². The topological polar surface area (TPSA) is 102 Å². The molecular formula is C19H42NO5P. The molecule has 0 rings (SSSR count). The number of phosphoric acid groups is 1. The first kappa shape index (κ1) is 26.0. The fourth-order valence-electron chi connectivity index (χ4n) is 2.87. The largest absolute Gasteiger partial charge is 0.469 e. The highest BCUT2D eigenvalue weighted by Gasteiger charge is 2.15. The molecule has 0 spiro atoms. The Hall–Kier alpha value is 0.0300. The molecule has 158 valence electrons. The van der Waals surface area contributed by atoms with Crippen molar-refractivity contribution in [3.05, 3.63) is 0 Å². The van der Waals surface area contributed by atoms with E-state index >= 15 is 0 Å². The average Bonchev–Trinajstić information content (AvgIpc) is 2.59. The molecule has 0 aromatic carbocycles. The van der Waals surface area contributed by atoms with Crippen molar-refractivity contribution >= 4 is 7.82 Å². The maximum absolute atomic E-state index is 10.5. The summed E-state index contributed by atoms with van der Waals surface area (Å²) in [5.41, 5.74) is 5.65. The second kappa shape index (κ2) is 18.4. The Kier molecular flexibility index (Phi) is 18.4. The van der Waals surface area contributed by atoms with Gasteiger partial charge in [0.1, 0.15) is 0 Å². The molecule has 0 saturated carbocycles. The summed E-state index contributed by atoms with van der Waals surface area (Å²) in [7, 11) is -4.43. The predicted molar refractivity (Wildman–Crippen MR) is 107 cm³/mol. The first-order valence-corrected chi connectivity index (χ1v) is 12.0. The number of nitrogens with two attached hydrogens (primary N) is 1. The quantitative estimate of drug-likeness (QED) is 0.200. The lowest BCUT2D eigenvalue weighted by atomic mass is 10.0. The van der Waals surface area contributed by atoms with Crippen LogP contribution in [-0.2, 0) is 13.8 Å². The lowest BCUT2D eigenvalue weighted by molar-refractivity contribution is 0.0940. The molecule has 4 N–H and O–H groups in total. The van der Waals surface area contributed by atoms with Gasteiger partial charge in [0.25, 0.3) is 0 Å². The van der Waals surface area contributed by atoms with Crippen LogP contribution in [0.5, 0.6) is 0 Å². The summed E-state index contributed by atoms with van der Waals surface area (Å²) in [5, 5.41) is 0. The average molecular weight is 396 g/mol. The van der Waals surface area contributed by atoms with Gasteiger partial charge in [-0.15, -0.1) is 0 Å². The van der Waals surface area contributed by atoms with Crippen LogP contribution in [0.3, 0.4) is 0 Å². The van der Waals surface area contributed by atoms with Crippen LogP contribution < -0.4 is 5.73 Å². The zero-order valence-electron chi connectivity index (χ0n) is 16.7. The minimum absolute atomic E-state index is 0.191. The maximum atomic E-state index is 10.5. The Morgan fingerprint density at radius 3 is 1.62 bits per heavy atom. The van der Waals surface area contributed by atoms with Crippen LogP contribution in [0.2, 0.25) is 0 Å². The lowest BCUT2D eigenvalue weighted by Crippen LogP contribution is -2.31. The minimum Gasteiger partial charge on any atom is -0.380 e. The number of ether oxygens (including phenoxy) is 1. The van der Waals surface area contributed by atoms with E-state index in [1.165, 1.54) is 77.0 Å². The Labute approximate surface area is 160 Å². The molecule has 0 unspecified atom stereocenters. The van der Waals surface area contributed by atoms with Crippen molar-refractivity contribution in [3.8, 4) is 0 Å². The van der Waals surface area contributed by atoms with Crippen molar-refractivity contribution in [2.24, 2.45) is 5.73 Å². The second-order valence-electron chi connectivity index (χ2n) is 7.22. The molecule has 0 aliphatic rings. The van der Waals surface area contributed by atoms with E-state index in [9.17, 15) is 4.57 Å². The zero-order chi connectivity index (χ0) is 19.5. The van der Waals surface area contributed by atoms with Gasteiger partial charge in [-0.25, -0.2) is 4.57 Å². The smallest absolute Gasteiger partial charge is 0.380 e. The summed E-state index contributed by atoms with van der Waals surface area (Å²) >= 11 is 0. The van der Waals surface area contributed by atoms with Gasteiger partial charge in [-0.3, -0.25) is 4.52 Å². The summed E-state index contributed by atoms with van der Waals surface area (Å²) in [6.07, 6.45) is 18.5. The molecule has 0 aromatic heterocycles. The van der Waals surface area contributed by atoms with Crippen molar-refractivity contribution in [2.45, 2.75) is 103 Å². The SMILES string of the molecule is CCCCCCCCCCCCCCCCOC[C@@H](N)COP(=O)(O)O. The Morgan fingerprint density at radius 1 is 0.769 bits per heavy atom. The van der Waals surface area contributed by atoms with E-state index in [1.807, 2.05) is 0 Å². The fraction of sp³-hybridized carbons (Fsp3) is 1.00. The first-order chi connectivity index (χ1) is 12.5. The van der Waals surface area contributed by atoms with Crippen LogP contribution in [0, 0.1) is 0 Å². The molecule has 0 bridgehead atoms. The first-order valence-electron chi connectivity index (χ1n) is 10.5. The van der Waals surface area contributed by atoms with Crippen LogP contribution in [0.1, 0.15) is 96.8 Å². The Balaban J connectivity index is 3.14.